The lowest BCUT2D eigenvalue weighted by Crippen LogP contribution is -2.03. The average molecular weight is 215 g/mol. The number of hydrogen-bond acceptors (Lipinski definition) is 3. The molecule has 0 aliphatic heterocycles. The van der Waals surface area contributed by atoms with E-state index in [0.29, 0.717) is 13.0 Å². The zero-order chi connectivity index (χ0) is 10.2. The molecule has 76 valence electrons. The normalized spacial score (nSPS) is 9.50. The van der Waals surface area contributed by atoms with Crippen LogP contribution in [0.5, 0.6) is 5.75 Å². The molecule has 4 heteroatoms. The second kappa shape index (κ2) is 6.27. The maximum atomic E-state index is 10.2. The molecule has 1 aromatic rings. The van der Waals surface area contributed by atoms with Crippen LogP contribution in [0.3, 0.4) is 0 Å². The predicted octanol–water partition coefficient (Wildman–Crippen LogP) is 2.83. The van der Waals surface area contributed by atoms with Crippen molar-refractivity contribution < 1.29 is 14.3 Å². The number of carbonyl (C=O) groups is 1. The van der Waals surface area contributed by atoms with Crippen LogP contribution in [0.25, 0.3) is 0 Å². The van der Waals surface area contributed by atoms with Crippen LogP contribution in [0.1, 0.15) is 6.42 Å². The average Bonchev–Trinajstić information content (AvgIpc) is 2.18. The van der Waals surface area contributed by atoms with Crippen LogP contribution in [-0.2, 0) is 4.74 Å². The maximum absolute atomic E-state index is 10.2. The van der Waals surface area contributed by atoms with Crippen LogP contribution >= 0.6 is 11.6 Å². The Balaban J connectivity index is 2.08. The van der Waals surface area contributed by atoms with Gasteiger partial charge in [-0.2, -0.15) is 0 Å². The van der Waals surface area contributed by atoms with Gasteiger partial charge in [0, 0.05) is 18.0 Å². The van der Waals surface area contributed by atoms with Crippen molar-refractivity contribution in [3.63, 3.8) is 0 Å². The Bertz CT molecular complexity index is 274. The molecular formula is C10H11ClO3. The third-order valence-corrected chi connectivity index (χ3v) is 1.63. The Labute approximate surface area is 87.6 Å². The third-order valence-electron chi connectivity index (χ3n) is 1.52. The number of para-hydroxylation sites is 1. The van der Waals surface area contributed by atoms with Gasteiger partial charge >= 0.3 is 5.43 Å². The maximum Gasteiger partial charge on any atom is 0.403 e. The largest absolute Gasteiger partial charge is 0.493 e. The van der Waals surface area contributed by atoms with Crippen LogP contribution in [0.15, 0.2) is 30.3 Å². The first-order valence-corrected chi connectivity index (χ1v) is 4.67. The van der Waals surface area contributed by atoms with E-state index in [1.165, 1.54) is 0 Å². The van der Waals surface area contributed by atoms with Gasteiger partial charge in [-0.3, -0.25) is 0 Å². The Morgan fingerprint density at radius 3 is 2.57 bits per heavy atom. The number of ether oxygens (including phenoxy) is 2. The molecule has 14 heavy (non-hydrogen) atoms. The van der Waals surface area contributed by atoms with Crippen LogP contribution in [-0.4, -0.2) is 18.6 Å². The van der Waals surface area contributed by atoms with Crippen molar-refractivity contribution in [2.75, 3.05) is 13.2 Å². The van der Waals surface area contributed by atoms with Gasteiger partial charge in [0.15, 0.2) is 0 Å². The minimum absolute atomic E-state index is 0.287. The summed E-state index contributed by atoms with van der Waals surface area (Å²) in [6.07, 6.45) is 0.632. The summed E-state index contributed by atoms with van der Waals surface area (Å²) < 4.78 is 9.88. The van der Waals surface area contributed by atoms with Crippen LogP contribution in [0.2, 0.25) is 0 Å². The molecule has 0 N–H and O–H groups in total. The molecule has 0 spiro atoms. The lowest BCUT2D eigenvalue weighted by atomic mass is 10.3. The van der Waals surface area contributed by atoms with Crippen molar-refractivity contribution in [3.05, 3.63) is 30.3 Å². The molecule has 1 aromatic carbocycles. The van der Waals surface area contributed by atoms with E-state index in [9.17, 15) is 4.79 Å². The van der Waals surface area contributed by atoms with Crippen molar-refractivity contribution in [2.45, 2.75) is 6.42 Å². The molecule has 0 amide bonds. The van der Waals surface area contributed by atoms with E-state index in [-0.39, 0.29) is 6.61 Å². The molecule has 0 bridgehead atoms. The van der Waals surface area contributed by atoms with Gasteiger partial charge in [0.25, 0.3) is 0 Å². The lowest BCUT2D eigenvalue weighted by Gasteiger charge is -2.04. The number of hydrogen-bond donors (Lipinski definition) is 0. The number of benzene rings is 1. The fraction of sp³-hybridized carbons (Fsp3) is 0.300. The predicted molar refractivity (Wildman–Crippen MR) is 53.8 cm³/mol. The summed E-state index contributed by atoms with van der Waals surface area (Å²) in [7, 11) is 0. The van der Waals surface area contributed by atoms with Gasteiger partial charge in [-0.25, -0.2) is 4.79 Å². The third kappa shape index (κ3) is 4.72. The number of halogens is 1. The summed E-state index contributed by atoms with van der Waals surface area (Å²) in [6, 6.07) is 9.45. The Hall–Kier alpha value is -1.22. The molecule has 0 saturated heterocycles. The summed E-state index contributed by atoms with van der Waals surface area (Å²) in [5.41, 5.74) is -0.773. The molecule has 0 heterocycles. The van der Waals surface area contributed by atoms with Crippen LogP contribution < -0.4 is 4.74 Å². The van der Waals surface area contributed by atoms with Gasteiger partial charge in [0.1, 0.15) is 5.75 Å². The molecule has 1 rings (SSSR count). The number of carbonyl (C=O) groups excluding carboxylic acids is 1. The van der Waals surface area contributed by atoms with Crippen molar-refractivity contribution in [1.82, 2.24) is 0 Å². The molecule has 0 aliphatic rings. The summed E-state index contributed by atoms with van der Waals surface area (Å²) in [5.74, 6) is 0.810. The van der Waals surface area contributed by atoms with Crippen molar-refractivity contribution in [1.29, 1.82) is 0 Å². The Kier molecular flexibility index (Phi) is 4.86. The smallest absolute Gasteiger partial charge is 0.403 e. The van der Waals surface area contributed by atoms with E-state index >= 15 is 0 Å². The molecule has 0 atom stereocenters. The first-order valence-electron chi connectivity index (χ1n) is 4.29. The molecular weight excluding hydrogens is 204 g/mol. The topological polar surface area (TPSA) is 35.5 Å². The van der Waals surface area contributed by atoms with Gasteiger partial charge in [0.05, 0.1) is 13.2 Å². The van der Waals surface area contributed by atoms with E-state index in [4.69, 9.17) is 16.3 Å². The van der Waals surface area contributed by atoms with E-state index < -0.39 is 5.43 Å². The standard InChI is InChI=1S/C10H11ClO3/c11-10(12)14-8-4-7-13-9-5-2-1-3-6-9/h1-3,5-6H,4,7-8H2. The van der Waals surface area contributed by atoms with Crippen LogP contribution in [0.4, 0.5) is 4.79 Å². The van der Waals surface area contributed by atoms with E-state index in [1.54, 1.807) is 0 Å². The first-order chi connectivity index (χ1) is 6.79. The molecule has 0 fully saturated rings. The Morgan fingerprint density at radius 2 is 1.93 bits per heavy atom. The highest BCUT2D eigenvalue weighted by Gasteiger charge is 1.95. The highest BCUT2D eigenvalue weighted by Crippen LogP contribution is 2.08. The van der Waals surface area contributed by atoms with Gasteiger partial charge < -0.3 is 9.47 Å². The highest BCUT2D eigenvalue weighted by molar-refractivity contribution is 6.61. The zero-order valence-corrected chi connectivity index (χ0v) is 8.37. The highest BCUT2D eigenvalue weighted by atomic mass is 35.5. The van der Waals surface area contributed by atoms with E-state index in [2.05, 4.69) is 4.74 Å². The minimum Gasteiger partial charge on any atom is -0.493 e. The fourth-order valence-corrected chi connectivity index (χ4v) is 0.995. The lowest BCUT2D eigenvalue weighted by molar-refractivity contribution is 0.162. The van der Waals surface area contributed by atoms with Crippen molar-refractivity contribution >= 4 is 17.0 Å². The van der Waals surface area contributed by atoms with Gasteiger partial charge in [0.2, 0.25) is 0 Å². The van der Waals surface area contributed by atoms with Crippen LogP contribution in [0, 0.1) is 0 Å². The molecule has 0 saturated carbocycles. The second-order valence-corrected chi connectivity index (χ2v) is 2.91. The van der Waals surface area contributed by atoms with E-state index in [1.807, 2.05) is 30.3 Å². The van der Waals surface area contributed by atoms with Crippen molar-refractivity contribution in [3.8, 4) is 5.75 Å². The molecule has 0 radical (unpaired) electrons. The van der Waals surface area contributed by atoms with Gasteiger partial charge in [-0.15, -0.1) is 0 Å². The van der Waals surface area contributed by atoms with Crippen molar-refractivity contribution in [2.24, 2.45) is 0 Å². The quantitative estimate of drug-likeness (QED) is 0.559. The monoisotopic (exact) mass is 214 g/mol. The molecule has 0 aromatic heterocycles. The molecule has 0 aliphatic carbocycles. The first kappa shape index (κ1) is 10.9. The van der Waals surface area contributed by atoms with E-state index in [0.717, 1.165) is 5.75 Å². The summed E-state index contributed by atoms with van der Waals surface area (Å²) in [5, 5.41) is 0. The summed E-state index contributed by atoms with van der Waals surface area (Å²) in [4.78, 5) is 10.2. The zero-order valence-electron chi connectivity index (χ0n) is 7.61. The Morgan fingerprint density at radius 1 is 1.21 bits per heavy atom. The molecule has 3 nitrogen and oxygen atoms in total. The summed E-state index contributed by atoms with van der Waals surface area (Å²) in [6.45, 7) is 0.795. The molecule has 0 unspecified atom stereocenters. The van der Waals surface area contributed by atoms with Gasteiger partial charge in [-0.05, 0) is 12.1 Å². The van der Waals surface area contributed by atoms with Gasteiger partial charge in [-0.1, -0.05) is 18.2 Å². The minimum atomic E-state index is -0.773. The second-order valence-electron chi connectivity index (χ2n) is 2.60. The number of rotatable bonds is 5. The fourth-order valence-electron chi connectivity index (χ4n) is 0.918. The SMILES string of the molecule is O=C(Cl)OCCCOc1ccccc1. The summed E-state index contributed by atoms with van der Waals surface area (Å²) >= 11 is 4.97.